The van der Waals surface area contributed by atoms with Crippen molar-refractivity contribution in [2.24, 2.45) is 27.7 Å². The molecule has 0 radical (unpaired) electrons. The molecule has 0 spiro atoms. The maximum atomic E-state index is 7.06. The van der Waals surface area contributed by atoms with Crippen molar-refractivity contribution in [3.05, 3.63) is 89.0 Å². The number of halogens is 1. The van der Waals surface area contributed by atoms with Gasteiger partial charge < -0.3 is 4.90 Å². The first-order valence-electron chi connectivity index (χ1n) is 12.7. The summed E-state index contributed by atoms with van der Waals surface area (Å²) in [5.41, 5.74) is 5.52. The summed E-state index contributed by atoms with van der Waals surface area (Å²) in [5, 5.41) is 1.57. The summed E-state index contributed by atoms with van der Waals surface area (Å²) >= 11 is 7.06. The van der Waals surface area contributed by atoms with Gasteiger partial charge in [-0.25, -0.2) is 4.98 Å². The van der Waals surface area contributed by atoms with E-state index in [0.717, 1.165) is 63.7 Å². The number of benzene rings is 2. The Labute approximate surface area is 215 Å². The van der Waals surface area contributed by atoms with E-state index in [1.165, 1.54) is 26.1 Å². The number of nitrogens with zero attached hydrogens (tertiary/aromatic N) is 5. The Balaban J connectivity index is 1.26. The summed E-state index contributed by atoms with van der Waals surface area (Å²) in [5.74, 6) is 8.89. The van der Waals surface area contributed by atoms with Crippen molar-refractivity contribution in [2.75, 3.05) is 19.6 Å². The van der Waals surface area contributed by atoms with Crippen LogP contribution in [0, 0.1) is 11.8 Å². The molecular weight excluding hydrogens is 468 g/mol. The summed E-state index contributed by atoms with van der Waals surface area (Å²) < 4.78 is -0.00424. The van der Waals surface area contributed by atoms with E-state index >= 15 is 0 Å². The molecule has 3 aromatic rings. The third-order valence-electron chi connectivity index (χ3n) is 8.02. The summed E-state index contributed by atoms with van der Waals surface area (Å²) in [6, 6.07) is 18.3. The van der Waals surface area contributed by atoms with E-state index in [2.05, 4.69) is 34.2 Å². The summed E-state index contributed by atoms with van der Waals surface area (Å²) in [6.07, 6.45) is 9.15. The molecule has 4 aliphatic rings. The maximum Gasteiger partial charge on any atom is 0.266 e. The number of likely N-dealkylation sites (tertiary alicyclic amines) is 1. The Morgan fingerprint density at radius 3 is 2.61 bits per heavy atom. The molecule has 1 aromatic heterocycles. The fraction of sp³-hybridized carbons (Fsp3) is 0.276. The number of fused-ring (bicyclic) bond motifs is 2. The number of hydrogen-bond acceptors (Lipinski definition) is 5. The zero-order valence-electron chi connectivity index (χ0n) is 20.0. The number of quaternary nitrogens is 1. The fourth-order valence-corrected chi connectivity index (χ4v) is 6.12. The highest BCUT2D eigenvalue weighted by Crippen LogP contribution is 2.46. The Morgan fingerprint density at radius 1 is 1.03 bits per heavy atom. The van der Waals surface area contributed by atoms with Gasteiger partial charge in [0.2, 0.25) is 5.70 Å². The second-order valence-corrected chi connectivity index (χ2v) is 10.7. The molecule has 2 aromatic carbocycles. The van der Waals surface area contributed by atoms with Gasteiger partial charge in [-0.2, -0.15) is 10.8 Å². The number of allylic oxidation sites excluding steroid dienone is 2. The normalized spacial score (nSPS) is 27.1. The minimum Gasteiger partial charge on any atom is -0.303 e. The first kappa shape index (κ1) is 22.1. The fourth-order valence-electron chi connectivity index (χ4n) is 5.82. The smallest absolute Gasteiger partial charge is 0.266 e. The molecule has 1 saturated heterocycles. The highest BCUT2D eigenvalue weighted by atomic mass is 35.5. The number of aromatic nitrogens is 1. The van der Waals surface area contributed by atoms with E-state index < -0.39 is 0 Å². The minimum atomic E-state index is -0.00424. The lowest BCUT2D eigenvalue weighted by Gasteiger charge is -2.41. The molecule has 4 heterocycles. The molecule has 1 aliphatic carbocycles. The minimum absolute atomic E-state index is 0.00424. The van der Waals surface area contributed by atoms with Gasteiger partial charge >= 0.3 is 0 Å². The highest BCUT2D eigenvalue weighted by Gasteiger charge is 2.48. The van der Waals surface area contributed by atoms with E-state index in [9.17, 15) is 0 Å². The third-order valence-corrected chi connectivity index (χ3v) is 8.40. The van der Waals surface area contributed by atoms with Crippen molar-refractivity contribution < 1.29 is 4.59 Å². The zero-order valence-corrected chi connectivity index (χ0v) is 20.8. The molecule has 3 aliphatic heterocycles. The monoisotopic (exact) mass is 495 g/mol. The van der Waals surface area contributed by atoms with Crippen LogP contribution in [0.1, 0.15) is 24.8 Å². The van der Waals surface area contributed by atoms with E-state index in [1.807, 2.05) is 42.7 Å². The van der Waals surface area contributed by atoms with Crippen molar-refractivity contribution in [1.29, 1.82) is 0 Å². The molecule has 36 heavy (non-hydrogen) atoms. The van der Waals surface area contributed by atoms with Crippen molar-refractivity contribution in [3.8, 4) is 11.3 Å². The van der Waals surface area contributed by atoms with Gasteiger partial charge in [0.25, 0.3) is 5.84 Å². The lowest BCUT2D eigenvalue weighted by molar-refractivity contribution is -0.750. The second kappa shape index (κ2) is 8.46. The van der Waals surface area contributed by atoms with Gasteiger partial charge in [-0.05, 0) is 50.4 Å². The van der Waals surface area contributed by atoms with Crippen LogP contribution in [0.15, 0.2) is 88.4 Å². The summed E-state index contributed by atoms with van der Waals surface area (Å²) in [4.78, 5) is 17.1. The largest absolute Gasteiger partial charge is 0.303 e. The average Bonchev–Trinajstić information content (AvgIpc) is 3.15. The number of rotatable bonds is 5. The predicted molar refractivity (Wildman–Crippen MR) is 145 cm³/mol. The number of aliphatic imine (C=N–C) groups is 2. The Hall–Kier alpha value is -3.16. The molecule has 0 bridgehead atoms. The van der Waals surface area contributed by atoms with E-state index in [0.29, 0.717) is 10.9 Å². The molecule has 0 amide bonds. The lowest BCUT2D eigenvalue weighted by Crippen LogP contribution is -2.53. The van der Waals surface area contributed by atoms with Crippen LogP contribution in [0.25, 0.3) is 22.2 Å². The molecule has 2 N–H and O–H groups in total. The Kier molecular flexibility index (Phi) is 5.18. The van der Waals surface area contributed by atoms with Crippen molar-refractivity contribution in [2.45, 2.75) is 19.3 Å². The van der Waals surface area contributed by atoms with Crippen molar-refractivity contribution >= 4 is 34.6 Å². The number of pyridine rings is 1. The quantitative estimate of drug-likeness (QED) is 0.375. The van der Waals surface area contributed by atoms with E-state index in [-0.39, 0.29) is 4.59 Å². The second-order valence-electron chi connectivity index (χ2n) is 10.3. The van der Waals surface area contributed by atoms with Crippen molar-refractivity contribution in [3.63, 3.8) is 0 Å². The van der Waals surface area contributed by atoms with Crippen LogP contribution in [-0.2, 0) is 0 Å². The lowest BCUT2D eigenvalue weighted by atomic mass is 9.72. The Bertz CT molecular complexity index is 1480. The summed E-state index contributed by atoms with van der Waals surface area (Å²) in [6.45, 7) is 3.70. The SMILES string of the molecule is N[N+]12C=CN=CC1=C(C1CC(CN3CCC3)C1)N=C2c1ccc2ccc(-c3ccccc3)nc2c1Cl. The van der Waals surface area contributed by atoms with Gasteiger partial charge in [0.05, 0.1) is 34.2 Å². The number of amidine groups is 1. The van der Waals surface area contributed by atoms with Crippen LogP contribution in [0.3, 0.4) is 0 Å². The molecule has 1 saturated carbocycles. The van der Waals surface area contributed by atoms with Gasteiger partial charge in [0.1, 0.15) is 11.9 Å². The maximum absolute atomic E-state index is 7.06. The molecule has 6 nitrogen and oxygen atoms in total. The third kappa shape index (κ3) is 3.48. The molecular formula is C29H28ClN6+. The standard InChI is InChI=1S/C29H28ClN6/c30-26-23(9-7-21-8-10-24(33-28(21)26)20-5-2-1-3-6-20)29-34-27(25-17-32-11-14-36(25,29)31)22-15-19(16-22)18-35-12-4-13-35/h1-3,5-11,14,17,19,22H,4,12-13,15-16,18,31H2/q+1. The van der Waals surface area contributed by atoms with Gasteiger partial charge in [-0.15, -0.1) is 4.59 Å². The predicted octanol–water partition coefficient (Wildman–Crippen LogP) is 5.51. The van der Waals surface area contributed by atoms with Crippen LogP contribution in [0.4, 0.5) is 0 Å². The molecule has 1 unspecified atom stereocenters. The van der Waals surface area contributed by atoms with Gasteiger partial charge in [-0.3, -0.25) is 4.99 Å². The van der Waals surface area contributed by atoms with Crippen molar-refractivity contribution in [1.82, 2.24) is 9.88 Å². The number of hydrogen-bond donors (Lipinski definition) is 1. The molecule has 7 heteroatoms. The topological polar surface area (TPSA) is 66.9 Å². The van der Waals surface area contributed by atoms with Gasteiger partial charge in [0, 0.05) is 23.4 Å². The van der Waals surface area contributed by atoms with E-state index in [4.69, 9.17) is 27.4 Å². The molecule has 1 atom stereocenters. The van der Waals surface area contributed by atoms with Gasteiger partial charge in [0.15, 0.2) is 0 Å². The first-order chi connectivity index (χ1) is 17.6. The van der Waals surface area contributed by atoms with E-state index in [1.54, 1.807) is 6.20 Å². The van der Waals surface area contributed by atoms with Crippen LogP contribution in [0.5, 0.6) is 0 Å². The van der Waals surface area contributed by atoms with Crippen LogP contribution in [-0.4, -0.2) is 46.2 Å². The highest BCUT2D eigenvalue weighted by molar-refractivity contribution is 6.38. The average molecular weight is 496 g/mol. The van der Waals surface area contributed by atoms with Crippen LogP contribution < -0.4 is 5.84 Å². The Morgan fingerprint density at radius 2 is 1.83 bits per heavy atom. The van der Waals surface area contributed by atoms with Crippen LogP contribution in [0.2, 0.25) is 5.02 Å². The number of nitrogens with two attached hydrogens (primary N) is 1. The molecule has 7 rings (SSSR count). The summed E-state index contributed by atoms with van der Waals surface area (Å²) in [7, 11) is 0. The zero-order chi connectivity index (χ0) is 24.3. The van der Waals surface area contributed by atoms with Gasteiger partial charge in [-0.1, -0.05) is 54.1 Å². The molecule has 2 fully saturated rings. The van der Waals surface area contributed by atoms with Crippen LogP contribution >= 0.6 is 11.6 Å². The first-order valence-corrected chi connectivity index (χ1v) is 13.1. The molecule has 180 valence electrons.